The molecule has 35 heavy (non-hydrogen) atoms. The van der Waals surface area contributed by atoms with Crippen LogP contribution >= 0.6 is 0 Å². The van der Waals surface area contributed by atoms with Crippen molar-refractivity contribution < 1.29 is 9.59 Å². The number of nitrogens with one attached hydrogen (secondary N) is 2. The molecule has 0 saturated carbocycles. The fourth-order valence-corrected chi connectivity index (χ4v) is 4.47. The van der Waals surface area contributed by atoms with Crippen LogP contribution in [-0.2, 0) is 29.1 Å². The van der Waals surface area contributed by atoms with E-state index in [4.69, 9.17) is 0 Å². The Morgan fingerprint density at radius 3 is 2.23 bits per heavy atom. The van der Waals surface area contributed by atoms with Crippen LogP contribution in [-0.4, -0.2) is 43.9 Å². The molecule has 0 spiro atoms. The smallest absolute Gasteiger partial charge is 0.309 e. The highest BCUT2D eigenvalue weighted by atomic mass is 16.2. The summed E-state index contributed by atoms with van der Waals surface area (Å²) in [6.45, 7) is 4.41. The molecule has 0 fully saturated rings. The molecule has 2 amide bonds. The van der Waals surface area contributed by atoms with Crippen molar-refractivity contribution in [2.75, 3.05) is 32.1 Å². The molecule has 1 aliphatic heterocycles. The van der Waals surface area contributed by atoms with E-state index < -0.39 is 11.8 Å². The summed E-state index contributed by atoms with van der Waals surface area (Å²) in [6.07, 6.45) is 0.966. The number of carbonyl (C=O) groups is 2. The van der Waals surface area contributed by atoms with Gasteiger partial charge in [0.15, 0.2) is 0 Å². The third-order valence-electron chi connectivity index (χ3n) is 6.63. The van der Waals surface area contributed by atoms with Gasteiger partial charge < -0.3 is 15.5 Å². The van der Waals surface area contributed by atoms with Crippen molar-refractivity contribution in [1.82, 2.24) is 15.5 Å². The van der Waals surface area contributed by atoms with E-state index in [-0.39, 0.29) is 6.04 Å². The van der Waals surface area contributed by atoms with Gasteiger partial charge in [0, 0.05) is 46.0 Å². The summed E-state index contributed by atoms with van der Waals surface area (Å²) in [5, 5.41) is 5.61. The Morgan fingerprint density at radius 1 is 0.886 bits per heavy atom. The minimum Gasteiger partial charge on any atom is -0.378 e. The normalized spacial score (nSPS) is 14.0. The minimum atomic E-state index is -0.615. The maximum atomic E-state index is 12.6. The number of amides is 2. The van der Waals surface area contributed by atoms with Crippen molar-refractivity contribution in [3.05, 3.63) is 101 Å². The van der Waals surface area contributed by atoms with Crippen molar-refractivity contribution in [1.29, 1.82) is 0 Å². The summed E-state index contributed by atoms with van der Waals surface area (Å²) in [6, 6.07) is 24.8. The molecule has 4 rings (SSSR count). The summed E-state index contributed by atoms with van der Waals surface area (Å²) in [5.74, 6) is -1.22. The van der Waals surface area contributed by atoms with Gasteiger partial charge in [-0.3, -0.25) is 14.5 Å². The highest BCUT2D eigenvalue weighted by Crippen LogP contribution is 2.28. The maximum Gasteiger partial charge on any atom is 0.309 e. The van der Waals surface area contributed by atoms with E-state index in [1.54, 1.807) is 0 Å². The monoisotopic (exact) mass is 470 g/mol. The van der Waals surface area contributed by atoms with Gasteiger partial charge in [0.2, 0.25) is 0 Å². The summed E-state index contributed by atoms with van der Waals surface area (Å²) in [4.78, 5) is 29.5. The summed E-state index contributed by atoms with van der Waals surface area (Å²) < 4.78 is 0. The zero-order chi connectivity index (χ0) is 24.8. The second-order valence-electron chi connectivity index (χ2n) is 9.37. The fourth-order valence-electron chi connectivity index (χ4n) is 4.47. The molecule has 3 aromatic carbocycles. The number of fused-ring (bicyclic) bond motifs is 1. The van der Waals surface area contributed by atoms with Crippen molar-refractivity contribution in [2.45, 2.75) is 32.5 Å². The number of hydrogen-bond acceptors (Lipinski definition) is 4. The first-order valence-corrected chi connectivity index (χ1v) is 12.1. The number of carbonyl (C=O) groups excluding carboxylic acids is 2. The number of nitrogens with zero attached hydrogens (tertiary/aromatic N) is 2. The molecule has 0 aromatic heterocycles. The Morgan fingerprint density at radius 2 is 1.54 bits per heavy atom. The lowest BCUT2D eigenvalue weighted by molar-refractivity contribution is -0.139. The lowest BCUT2D eigenvalue weighted by atomic mass is 9.96. The molecule has 0 saturated heterocycles. The molecule has 182 valence electrons. The molecular weight excluding hydrogens is 436 g/mol. The molecule has 1 atom stereocenters. The van der Waals surface area contributed by atoms with Crippen molar-refractivity contribution >= 4 is 17.5 Å². The third-order valence-corrected chi connectivity index (χ3v) is 6.63. The molecule has 0 radical (unpaired) electrons. The first kappa shape index (κ1) is 24.5. The van der Waals surface area contributed by atoms with Gasteiger partial charge in [-0.2, -0.15) is 0 Å². The van der Waals surface area contributed by atoms with Crippen LogP contribution in [0, 0.1) is 6.92 Å². The van der Waals surface area contributed by atoms with Gasteiger partial charge in [0.1, 0.15) is 0 Å². The lowest BCUT2D eigenvalue weighted by Crippen LogP contribution is -2.45. The van der Waals surface area contributed by atoms with Gasteiger partial charge in [-0.25, -0.2) is 0 Å². The first-order valence-electron chi connectivity index (χ1n) is 12.1. The zero-order valence-corrected chi connectivity index (χ0v) is 20.8. The predicted molar refractivity (Wildman–Crippen MR) is 140 cm³/mol. The standard InChI is InChI=1S/C29H34N4O2/c1-21-8-10-22(11-9-21)18-30-28(34)29(35)31-19-27(24-12-14-26(15-13-24)32(2)3)33-17-16-23-6-4-5-7-25(23)20-33/h4-15,27H,16-20H2,1-3H3,(H,30,34)(H,31,35). The van der Waals surface area contributed by atoms with Crippen LogP contribution in [0.4, 0.5) is 5.69 Å². The van der Waals surface area contributed by atoms with Crippen LogP contribution in [0.2, 0.25) is 0 Å². The topological polar surface area (TPSA) is 64.7 Å². The molecule has 0 aliphatic carbocycles. The molecule has 0 bridgehead atoms. The summed E-state index contributed by atoms with van der Waals surface area (Å²) in [7, 11) is 4.03. The van der Waals surface area contributed by atoms with Crippen molar-refractivity contribution in [3.8, 4) is 0 Å². The van der Waals surface area contributed by atoms with Crippen LogP contribution in [0.3, 0.4) is 0 Å². The highest BCUT2D eigenvalue weighted by Gasteiger charge is 2.26. The van der Waals surface area contributed by atoms with Crippen molar-refractivity contribution in [2.24, 2.45) is 0 Å². The Kier molecular flexibility index (Phi) is 7.83. The van der Waals surface area contributed by atoms with E-state index in [9.17, 15) is 9.59 Å². The highest BCUT2D eigenvalue weighted by molar-refractivity contribution is 6.35. The number of anilines is 1. The zero-order valence-electron chi connectivity index (χ0n) is 20.8. The molecule has 3 aromatic rings. The van der Waals surface area contributed by atoms with Crippen molar-refractivity contribution in [3.63, 3.8) is 0 Å². The molecule has 1 unspecified atom stereocenters. The van der Waals surface area contributed by atoms with E-state index in [1.165, 1.54) is 11.1 Å². The van der Waals surface area contributed by atoms with Gasteiger partial charge in [0.05, 0.1) is 6.04 Å². The minimum absolute atomic E-state index is 0.0339. The van der Waals surface area contributed by atoms with E-state index in [0.29, 0.717) is 13.1 Å². The van der Waals surface area contributed by atoms with Crippen LogP contribution in [0.15, 0.2) is 72.8 Å². The SMILES string of the molecule is Cc1ccc(CNC(=O)C(=O)NCC(c2ccc(N(C)C)cc2)N2CCc3ccccc3C2)cc1. The summed E-state index contributed by atoms with van der Waals surface area (Å²) in [5.41, 5.74) is 7.05. The van der Waals surface area contributed by atoms with E-state index in [0.717, 1.165) is 41.9 Å². The molecular formula is C29H34N4O2. The molecule has 2 N–H and O–H groups in total. The second kappa shape index (κ2) is 11.2. The molecule has 1 aliphatic rings. The maximum absolute atomic E-state index is 12.6. The van der Waals surface area contributed by atoms with Gasteiger partial charge in [-0.15, -0.1) is 0 Å². The van der Waals surface area contributed by atoms with Crippen LogP contribution < -0.4 is 15.5 Å². The third kappa shape index (κ3) is 6.28. The second-order valence-corrected chi connectivity index (χ2v) is 9.37. The predicted octanol–water partition coefficient (Wildman–Crippen LogP) is 3.59. The Hall–Kier alpha value is -3.64. The number of aryl methyl sites for hydroxylation is 1. The lowest BCUT2D eigenvalue weighted by Gasteiger charge is -2.36. The average Bonchev–Trinajstić information content (AvgIpc) is 2.88. The Bertz CT molecular complexity index is 1160. The Labute approximate surface area is 207 Å². The van der Waals surface area contributed by atoms with Gasteiger partial charge >= 0.3 is 11.8 Å². The molecule has 6 nitrogen and oxygen atoms in total. The molecule has 6 heteroatoms. The van der Waals surface area contributed by atoms with Crippen LogP contribution in [0.25, 0.3) is 0 Å². The Balaban J connectivity index is 1.43. The van der Waals surface area contributed by atoms with Gasteiger partial charge in [-0.1, -0.05) is 66.2 Å². The van der Waals surface area contributed by atoms with E-state index >= 15 is 0 Å². The quantitative estimate of drug-likeness (QED) is 0.518. The van der Waals surface area contributed by atoms with E-state index in [2.05, 4.69) is 69.0 Å². The van der Waals surface area contributed by atoms with Gasteiger partial charge in [-0.05, 0) is 47.7 Å². The average molecular weight is 471 g/mol. The van der Waals surface area contributed by atoms with E-state index in [1.807, 2.05) is 45.3 Å². The van der Waals surface area contributed by atoms with Crippen LogP contribution in [0.5, 0.6) is 0 Å². The van der Waals surface area contributed by atoms with Gasteiger partial charge in [0.25, 0.3) is 0 Å². The number of benzene rings is 3. The number of hydrogen-bond donors (Lipinski definition) is 2. The van der Waals surface area contributed by atoms with Crippen LogP contribution in [0.1, 0.15) is 33.9 Å². The first-order chi connectivity index (χ1) is 16.9. The number of rotatable bonds is 7. The summed E-state index contributed by atoms with van der Waals surface area (Å²) >= 11 is 0. The largest absolute Gasteiger partial charge is 0.378 e. The fraction of sp³-hybridized carbons (Fsp3) is 0.310. The molecule has 1 heterocycles.